The number of hydrogen-bond acceptors (Lipinski definition) is 4. The summed E-state index contributed by atoms with van der Waals surface area (Å²) < 4.78 is 0. The summed E-state index contributed by atoms with van der Waals surface area (Å²) in [7, 11) is 0. The largest absolute Gasteiger partial charge is 0.473 e. The minimum absolute atomic E-state index is 0.973. The average Bonchev–Trinajstić information content (AvgIpc) is 3.68. The van der Waals surface area contributed by atoms with Gasteiger partial charge in [0.15, 0.2) is 0 Å². The van der Waals surface area contributed by atoms with E-state index in [4.69, 9.17) is 19.8 Å². The Balaban J connectivity index is 0.000000162. The van der Waals surface area contributed by atoms with E-state index in [1.165, 1.54) is 44.1 Å². The van der Waals surface area contributed by atoms with Crippen LogP contribution in [0.2, 0.25) is 0 Å². The molecule has 2 aliphatic heterocycles. The van der Waals surface area contributed by atoms with Gasteiger partial charge in [-0.25, -0.2) is 9.59 Å². The predicted octanol–water partition coefficient (Wildman–Crippen LogP) is 6.04. The third kappa shape index (κ3) is 7.75. The Morgan fingerprint density at radius 3 is 1.52 bits per heavy atom. The van der Waals surface area contributed by atoms with Crippen molar-refractivity contribution in [3.8, 4) is 0 Å². The summed E-state index contributed by atoms with van der Waals surface area (Å²) in [4.78, 5) is 29.6. The van der Waals surface area contributed by atoms with Crippen molar-refractivity contribution in [3.05, 3.63) is 110 Å². The molecule has 0 fully saturated rings. The molecule has 0 radical (unpaired) electrons. The number of aliphatic carboxylic acids is 2. The number of benzene rings is 2. The number of fused-ring (bicyclic) bond motifs is 2. The molecule has 8 nitrogen and oxygen atoms in total. The topological polar surface area (TPSA) is 113 Å². The molecule has 0 amide bonds. The maximum atomic E-state index is 9.10. The second kappa shape index (κ2) is 14.8. The second-order valence-corrected chi connectivity index (χ2v) is 10.2. The van der Waals surface area contributed by atoms with Gasteiger partial charge in [0.2, 0.25) is 0 Å². The van der Waals surface area contributed by atoms with Crippen molar-refractivity contribution in [3.63, 3.8) is 0 Å². The van der Waals surface area contributed by atoms with Gasteiger partial charge in [-0.15, -0.1) is 13.2 Å². The Bertz CT molecular complexity index is 1490. The lowest BCUT2D eigenvalue weighted by Crippen LogP contribution is -2.29. The molecule has 4 N–H and O–H groups in total. The Morgan fingerprint density at radius 1 is 0.714 bits per heavy atom. The molecule has 6 rings (SSSR count). The van der Waals surface area contributed by atoms with Crippen LogP contribution in [0.3, 0.4) is 0 Å². The molecule has 8 heteroatoms. The molecule has 4 aromatic rings. The third-order valence-corrected chi connectivity index (χ3v) is 7.30. The number of hydrogen-bond donors (Lipinski definition) is 4. The number of aromatic amines is 2. The molecule has 0 atom stereocenters. The summed E-state index contributed by atoms with van der Waals surface area (Å²) in [6.45, 7) is 13.9. The Labute approximate surface area is 246 Å². The van der Waals surface area contributed by atoms with E-state index < -0.39 is 11.9 Å². The van der Waals surface area contributed by atoms with E-state index in [-0.39, 0.29) is 0 Å². The van der Waals surface area contributed by atoms with E-state index in [2.05, 4.69) is 93.6 Å². The molecule has 2 aliphatic rings. The summed E-state index contributed by atoms with van der Waals surface area (Å²) in [5.74, 6) is -3.65. The van der Waals surface area contributed by atoms with Crippen molar-refractivity contribution in [2.24, 2.45) is 0 Å². The fourth-order valence-corrected chi connectivity index (χ4v) is 5.41. The van der Waals surface area contributed by atoms with Crippen LogP contribution in [0.1, 0.15) is 24.0 Å². The molecule has 0 aliphatic carbocycles. The van der Waals surface area contributed by atoms with Crippen molar-refractivity contribution in [1.29, 1.82) is 0 Å². The number of nitrogens with zero attached hydrogens (tertiary/aromatic N) is 2. The van der Waals surface area contributed by atoms with Gasteiger partial charge in [0.1, 0.15) is 0 Å². The number of aromatic nitrogens is 2. The Morgan fingerprint density at radius 2 is 1.14 bits per heavy atom. The summed E-state index contributed by atoms with van der Waals surface area (Å²) in [6, 6.07) is 17.3. The van der Waals surface area contributed by atoms with Gasteiger partial charge < -0.3 is 20.2 Å². The van der Waals surface area contributed by atoms with Crippen molar-refractivity contribution in [2.45, 2.75) is 12.8 Å². The van der Waals surface area contributed by atoms with Gasteiger partial charge in [-0.1, -0.05) is 48.6 Å². The predicted molar refractivity (Wildman–Crippen MR) is 170 cm³/mol. The zero-order valence-electron chi connectivity index (χ0n) is 23.8. The first-order valence-corrected chi connectivity index (χ1v) is 14.0. The van der Waals surface area contributed by atoms with Gasteiger partial charge in [-0.05, 0) is 59.4 Å². The molecule has 218 valence electrons. The fraction of sp³-hybridized carbons (Fsp3) is 0.235. The van der Waals surface area contributed by atoms with Crippen LogP contribution < -0.4 is 0 Å². The minimum Gasteiger partial charge on any atom is -0.473 e. The normalized spacial score (nSPS) is 15.4. The molecule has 0 spiro atoms. The molecule has 4 heterocycles. The van der Waals surface area contributed by atoms with Crippen LogP contribution in [0, 0.1) is 0 Å². The second-order valence-electron chi connectivity index (χ2n) is 10.2. The van der Waals surface area contributed by atoms with Crippen LogP contribution in [-0.4, -0.2) is 81.2 Å². The van der Waals surface area contributed by atoms with Crippen LogP contribution in [-0.2, 0) is 9.59 Å². The van der Waals surface area contributed by atoms with E-state index in [0.717, 1.165) is 52.1 Å². The van der Waals surface area contributed by atoms with Gasteiger partial charge in [-0.2, -0.15) is 0 Å². The van der Waals surface area contributed by atoms with Crippen LogP contribution in [0.25, 0.3) is 33.0 Å². The van der Waals surface area contributed by atoms with E-state index in [9.17, 15) is 0 Å². The maximum Gasteiger partial charge on any atom is 0.414 e. The van der Waals surface area contributed by atoms with Crippen LogP contribution >= 0.6 is 0 Å². The third-order valence-electron chi connectivity index (χ3n) is 7.30. The van der Waals surface area contributed by atoms with Gasteiger partial charge in [-0.3, -0.25) is 9.80 Å². The van der Waals surface area contributed by atoms with E-state index in [1.54, 1.807) is 0 Å². The molecule has 0 saturated carbocycles. The quantitative estimate of drug-likeness (QED) is 0.167. The number of rotatable bonds is 6. The SMILES string of the molecule is C=CCN1CCC=C(c2cccc3[nH]ccc23)C1.C=CCN1CCC=C(c2cccc3[nH]ccc23)C1.O=C(O)C(=O)O. The molecule has 42 heavy (non-hydrogen) atoms. The minimum atomic E-state index is -1.82. The monoisotopic (exact) mass is 566 g/mol. The zero-order valence-corrected chi connectivity index (χ0v) is 23.8. The van der Waals surface area contributed by atoms with Crippen LogP contribution in [0.4, 0.5) is 0 Å². The lowest BCUT2D eigenvalue weighted by atomic mass is 9.98. The van der Waals surface area contributed by atoms with Crippen molar-refractivity contribution in [2.75, 3.05) is 39.3 Å². The van der Waals surface area contributed by atoms with E-state index in [0.29, 0.717) is 0 Å². The van der Waals surface area contributed by atoms with Crippen molar-refractivity contribution >= 4 is 44.9 Å². The maximum absolute atomic E-state index is 9.10. The summed E-state index contributed by atoms with van der Waals surface area (Å²) in [5.41, 5.74) is 8.04. The van der Waals surface area contributed by atoms with E-state index >= 15 is 0 Å². The Hall–Kier alpha value is -4.66. The standard InChI is InChI=1S/2C16H18N2.C2H2O4/c2*1-2-10-18-11-4-5-13(12-18)14-6-3-7-16-15(14)8-9-17-16;3-1(4)2(5)6/h2*2-3,5-9,17H,1,4,10-12H2;(H,3,4)(H,5,6). The van der Waals surface area contributed by atoms with Crippen molar-refractivity contribution in [1.82, 2.24) is 19.8 Å². The van der Waals surface area contributed by atoms with Gasteiger partial charge >= 0.3 is 11.9 Å². The summed E-state index contributed by atoms with van der Waals surface area (Å²) in [5, 5.41) is 17.4. The smallest absolute Gasteiger partial charge is 0.414 e. The number of carbonyl (C=O) groups is 2. The highest BCUT2D eigenvalue weighted by molar-refractivity contribution is 6.27. The van der Waals surface area contributed by atoms with Gasteiger partial charge in [0.05, 0.1) is 0 Å². The first-order valence-electron chi connectivity index (χ1n) is 14.0. The molecule has 2 aromatic carbocycles. The van der Waals surface area contributed by atoms with Gasteiger partial charge in [0.25, 0.3) is 0 Å². The highest BCUT2D eigenvalue weighted by atomic mass is 16.4. The number of H-pyrrole nitrogens is 2. The molecule has 0 bridgehead atoms. The molecule has 2 aromatic heterocycles. The van der Waals surface area contributed by atoms with Crippen molar-refractivity contribution < 1.29 is 19.8 Å². The van der Waals surface area contributed by atoms with Crippen LogP contribution in [0.15, 0.2) is 98.4 Å². The van der Waals surface area contributed by atoms with Gasteiger partial charge in [0, 0.05) is 73.5 Å². The molecule has 0 unspecified atom stereocenters. The number of carboxylic acid groups (broad SMARTS) is 2. The highest BCUT2D eigenvalue weighted by Gasteiger charge is 2.16. The van der Waals surface area contributed by atoms with E-state index in [1.807, 2.05) is 24.5 Å². The lowest BCUT2D eigenvalue weighted by molar-refractivity contribution is -0.159. The first kappa shape index (κ1) is 30.3. The summed E-state index contributed by atoms with van der Waals surface area (Å²) >= 11 is 0. The fourth-order valence-electron chi connectivity index (χ4n) is 5.41. The highest BCUT2D eigenvalue weighted by Crippen LogP contribution is 2.28. The number of nitrogens with one attached hydrogen (secondary N) is 2. The first-order chi connectivity index (χ1) is 20.4. The summed E-state index contributed by atoms with van der Waals surface area (Å²) in [6.07, 6.45) is 15.0. The average molecular weight is 567 g/mol. The Kier molecular flexibility index (Phi) is 10.7. The number of carboxylic acids is 2. The van der Waals surface area contributed by atoms with Crippen LogP contribution in [0.5, 0.6) is 0 Å². The zero-order chi connectivity index (χ0) is 29.9. The molecular formula is C34H38N4O4. The molecule has 0 saturated heterocycles. The molecular weight excluding hydrogens is 528 g/mol. The lowest BCUT2D eigenvalue weighted by Gasteiger charge is -2.26.